The highest BCUT2D eigenvalue weighted by molar-refractivity contribution is 6.31. The molecule has 1 amide bonds. The number of likely N-dealkylation sites (tertiary alicyclic amines) is 1. The number of ether oxygens (including phenoxy) is 1. The van der Waals surface area contributed by atoms with Crippen LogP contribution < -0.4 is 4.74 Å². The largest absolute Gasteiger partial charge is 0.487 e. The number of pyridine rings is 1. The molecule has 4 rings (SSSR count). The van der Waals surface area contributed by atoms with Crippen LogP contribution in [0.5, 0.6) is 5.75 Å². The standard InChI is InChI=1S/C17H14ClN3O4/c18-12-9-19-5-3-14(12)24-11-4-6-21(10-11)17(22)13-8-16(25-20-13)15-2-1-7-23-15/h1-3,5,7-9,11H,4,6,10H2/t11-/m0/s1. The molecule has 1 atom stereocenters. The van der Waals surface area contributed by atoms with E-state index in [4.69, 9.17) is 25.3 Å². The van der Waals surface area contributed by atoms with E-state index in [2.05, 4.69) is 10.1 Å². The van der Waals surface area contributed by atoms with Gasteiger partial charge in [-0.1, -0.05) is 16.8 Å². The van der Waals surface area contributed by atoms with Crippen LogP contribution in [0, 0.1) is 0 Å². The van der Waals surface area contributed by atoms with E-state index in [9.17, 15) is 4.79 Å². The molecule has 0 bridgehead atoms. The van der Waals surface area contributed by atoms with Crippen molar-refractivity contribution >= 4 is 17.5 Å². The minimum Gasteiger partial charge on any atom is -0.487 e. The van der Waals surface area contributed by atoms with Gasteiger partial charge in [-0.15, -0.1) is 0 Å². The van der Waals surface area contributed by atoms with E-state index in [1.165, 1.54) is 12.5 Å². The van der Waals surface area contributed by atoms with E-state index in [0.717, 1.165) is 0 Å². The Balaban J connectivity index is 1.41. The van der Waals surface area contributed by atoms with Crippen molar-refractivity contribution in [2.24, 2.45) is 0 Å². The normalized spacial score (nSPS) is 17.0. The fraction of sp³-hybridized carbons (Fsp3) is 0.235. The molecule has 1 aliphatic rings. The van der Waals surface area contributed by atoms with Gasteiger partial charge in [-0.3, -0.25) is 9.78 Å². The minimum absolute atomic E-state index is 0.125. The van der Waals surface area contributed by atoms with Crippen LogP contribution in [0.2, 0.25) is 5.02 Å². The second-order valence-electron chi connectivity index (χ2n) is 5.64. The van der Waals surface area contributed by atoms with Crippen LogP contribution in [0.25, 0.3) is 11.5 Å². The zero-order valence-electron chi connectivity index (χ0n) is 13.1. The molecule has 0 unspecified atom stereocenters. The van der Waals surface area contributed by atoms with Crippen LogP contribution in [0.15, 0.2) is 51.9 Å². The number of rotatable bonds is 4. The van der Waals surface area contributed by atoms with Crippen molar-refractivity contribution in [3.05, 3.63) is 53.6 Å². The summed E-state index contributed by atoms with van der Waals surface area (Å²) in [5.74, 6) is 1.32. The van der Waals surface area contributed by atoms with E-state index < -0.39 is 0 Å². The van der Waals surface area contributed by atoms with Crippen LogP contribution in [0.1, 0.15) is 16.9 Å². The molecule has 1 fully saturated rings. The van der Waals surface area contributed by atoms with Crippen LogP contribution in [0.4, 0.5) is 0 Å². The van der Waals surface area contributed by atoms with Gasteiger partial charge in [0, 0.05) is 37.5 Å². The first-order chi connectivity index (χ1) is 12.2. The lowest BCUT2D eigenvalue weighted by Gasteiger charge is -2.16. The number of amides is 1. The van der Waals surface area contributed by atoms with Gasteiger partial charge in [0.2, 0.25) is 5.76 Å². The van der Waals surface area contributed by atoms with Crippen molar-refractivity contribution in [2.75, 3.05) is 13.1 Å². The number of hydrogen-bond donors (Lipinski definition) is 0. The van der Waals surface area contributed by atoms with Crippen LogP contribution in [-0.4, -0.2) is 40.1 Å². The maximum Gasteiger partial charge on any atom is 0.276 e. The van der Waals surface area contributed by atoms with Gasteiger partial charge < -0.3 is 18.6 Å². The summed E-state index contributed by atoms with van der Waals surface area (Å²) < 4.78 is 16.3. The Morgan fingerprint density at radius 2 is 2.28 bits per heavy atom. The molecule has 1 saturated heterocycles. The average molecular weight is 360 g/mol. The summed E-state index contributed by atoms with van der Waals surface area (Å²) in [6, 6.07) is 6.77. The highest BCUT2D eigenvalue weighted by Gasteiger charge is 2.30. The molecule has 4 heterocycles. The molecular formula is C17H14ClN3O4. The predicted molar refractivity (Wildman–Crippen MR) is 88.4 cm³/mol. The fourth-order valence-corrected chi connectivity index (χ4v) is 2.88. The van der Waals surface area contributed by atoms with Gasteiger partial charge in [0.25, 0.3) is 5.91 Å². The van der Waals surface area contributed by atoms with Gasteiger partial charge in [0.1, 0.15) is 16.9 Å². The molecule has 25 heavy (non-hydrogen) atoms. The lowest BCUT2D eigenvalue weighted by atomic mass is 10.3. The van der Waals surface area contributed by atoms with Crippen molar-refractivity contribution < 1.29 is 18.5 Å². The summed E-state index contributed by atoms with van der Waals surface area (Å²) in [7, 11) is 0. The highest BCUT2D eigenvalue weighted by atomic mass is 35.5. The van der Waals surface area contributed by atoms with E-state index in [-0.39, 0.29) is 17.7 Å². The van der Waals surface area contributed by atoms with Crippen molar-refractivity contribution in [2.45, 2.75) is 12.5 Å². The Labute approximate surface area is 148 Å². The molecule has 3 aromatic heterocycles. The van der Waals surface area contributed by atoms with Crippen LogP contribution in [0.3, 0.4) is 0 Å². The molecule has 0 saturated carbocycles. The summed E-state index contributed by atoms with van der Waals surface area (Å²) in [5, 5.41) is 4.29. The molecule has 0 aromatic carbocycles. The van der Waals surface area contributed by atoms with E-state index in [1.54, 1.807) is 35.4 Å². The monoisotopic (exact) mass is 359 g/mol. The molecule has 8 heteroatoms. The summed E-state index contributed by atoms with van der Waals surface area (Å²) in [6.45, 7) is 1.04. The first-order valence-electron chi connectivity index (χ1n) is 7.77. The Bertz CT molecular complexity index is 878. The molecule has 128 valence electrons. The van der Waals surface area contributed by atoms with Crippen molar-refractivity contribution in [1.82, 2.24) is 15.0 Å². The third-order valence-electron chi connectivity index (χ3n) is 3.95. The highest BCUT2D eigenvalue weighted by Crippen LogP contribution is 2.26. The molecule has 0 radical (unpaired) electrons. The summed E-state index contributed by atoms with van der Waals surface area (Å²) in [5.41, 5.74) is 0.244. The molecule has 0 aliphatic carbocycles. The topological polar surface area (TPSA) is 81.6 Å². The van der Waals surface area contributed by atoms with Crippen molar-refractivity contribution in [3.8, 4) is 17.3 Å². The third kappa shape index (κ3) is 3.23. The SMILES string of the molecule is O=C(c1cc(-c2ccco2)on1)N1CC[C@H](Oc2ccncc2Cl)C1. The maximum absolute atomic E-state index is 12.6. The van der Waals surface area contributed by atoms with E-state index in [0.29, 0.717) is 41.8 Å². The van der Waals surface area contributed by atoms with Gasteiger partial charge in [0.05, 0.1) is 12.8 Å². The summed E-state index contributed by atoms with van der Waals surface area (Å²) >= 11 is 6.05. The van der Waals surface area contributed by atoms with Gasteiger partial charge >= 0.3 is 0 Å². The zero-order chi connectivity index (χ0) is 17.2. The fourth-order valence-electron chi connectivity index (χ4n) is 2.72. The Morgan fingerprint density at radius 3 is 3.08 bits per heavy atom. The van der Waals surface area contributed by atoms with Gasteiger partial charge in [-0.25, -0.2) is 0 Å². The number of carbonyl (C=O) groups excluding carboxylic acids is 1. The third-order valence-corrected chi connectivity index (χ3v) is 4.24. The second-order valence-corrected chi connectivity index (χ2v) is 6.05. The number of nitrogens with zero attached hydrogens (tertiary/aromatic N) is 3. The molecule has 0 spiro atoms. The lowest BCUT2D eigenvalue weighted by molar-refractivity contribution is 0.0762. The molecule has 1 aliphatic heterocycles. The van der Waals surface area contributed by atoms with Crippen LogP contribution in [-0.2, 0) is 0 Å². The van der Waals surface area contributed by atoms with Crippen molar-refractivity contribution in [1.29, 1.82) is 0 Å². The van der Waals surface area contributed by atoms with Gasteiger partial charge in [0.15, 0.2) is 11.5 Å². The lowest BCUT2D eigenvalue weighted by Crippen LogP contribution is -2.31. The Morgan fingerprint density at radius 1 is 1.36 bits per heavy atom. The van der Waals surface area contributed by atoms with Crippen molar-refractivity contribution in [3.63, 3.8) is 0 Å². The van der Waals surface area contributed by atoms with Gasteiger partial charge in [-0.05, 0) is 12.1 Å². The Kier molecular flexibility index (Phi) is 4.15. The molecule has 0 N–H and O–H groups in total. The van der Waals surface area contributed by atoms with Crippen LogP contribution >= 0.6 is 11.6 Å². The number of furan rings is 1. The second kappa shape index (κ2) is 6.60. The predicted octanol–water partition coefficient (Wildman–Crippen LogP) is 3.28. The number of carbonyl (C=O) groups is 1. The smallest absolute Gasteiger partial charge is 0.276 e. The quantitative estimate of drug-likeness (QED) is 0.711. The first kappa shape index (κ1) is 15.7. The van der Waals surface area contributed by atoms with E-state index >= 15 is 0 Å². The number of aromatic nitrogens is 2. The molecule has 7 nitrogen and oxygen atoms in total. The Hall–Kier alpha value is -2.80. The first-order valence-corrected chi connectivity index (χ1v) is 8.14. The minimum atomic E-state index is -0.200. The summed E-state index contributed by atoms with van der Waals surface area (Å²) in [4.78, 5) is 18.2. The molecule has 3 aromatic rings. The number of hydrogen-bond acceptors (Lipinski definition) is 6. The average Bonchev–Trinajstić information content (AvgIpc) is 3.37. The zero-order valence-corrected chi connectivity index (χ0v) is 13.8. The van der Waals surface area contributed by atoms with Gasteiger partial charge in [-0.2, -0.15) is 0 Å². The molecular weight excluding hydrogens is 346 g/mol. The summed E-state index contributed by atoms with van der Waals surface area (Å²) in [6.07, 6.45) is 5.27. The maximum atomic E-state index is 12.6. The number of halogens is 1. The van der Waals surface area contributed by atoms with E-state index in [1.807, 2.05) is 0 Å².